The molecule has 33 heavy (non-hydrogen) atoms. The lowest BCUT2D eigenvalue weighted by atomic mass is 9.90. The van der Waals surface area contributed by atoms with Crippen LogP contribution in [0, 0.1) is 12.3 Å². The molecule has 0 saturated carbocycles. The number of hydrogen-bond donors (Lipinski definition) is 0. The fraction of sp³-hybridized carbons (Fsp3) is 0.188. The minimum atomic E-state index is 0.0304. The molecule has 0 nitrogen and oxygen atoms in total. The third-order valence-electron chi connectivity index (χ3n) is 5.91. The molecule has 0 saturated heterocycles. The van der Waals surface area contributed by atoms with Gasteiger partial charge in [-0.2, -0.15) is 0 Å². The second-order valence-electron chi connectivity index (χ2n) is 8.48. The number of allylic oxidation sites excluding steroid dienone is 6. The van der Waals surface area contributed by atoms with Crippen LogP contribution in [0.4, 0.5) is 0 Å². The van der Waals surface area contributed by atoms with Crippen molar-refractivity contribution in [3.8, 4) is 23.5 Å². The van der Waals surface area contributed by atoms with Gasteiger partial charge in [0.1, 0.15) is 0 Å². The van der Waals surface area contributed by atoms with Crippen LogP contribution in [0.1, 0.15) is 54.9 Å². The molecule has 1 atom stereocenters. The molecular weight excluding hydrogens is 464 g/mol. The molecular formula is C32H29Br. The van der Waals surface area contributed by atoms with Gasteiger partial charge in [-0.1, -0.05) is 121 Å². The van der Waals surface area contributed by atoms with Gasteiger partial charge in [-0.05, 0) is 69.5 Å². The first-order valence-electron chi connectivity index (χ1n) is 11.7. The number of terminal acetylenes is 1. The maximum Gasteiger partial charge on any atom is 0.0714 e. The Kier molecular flexibility index (Phi) is 7.48. The van der Waals surface area contributed by atoms with E-state index in [9.17, 15) is 0 Å². The van der Waals surface area contributed by atoms with E-state index in [4.69, 9.17) is 6.42 Å². The standard InChI is InChI=1S/C29H21Br.C3H8/c1-2-25-26-14-5-6-15-27(26)28-16-8-12-23(29(25)28)18-20-9-3-4-10-21(17-20)22-11-7-13-24(30)19-22;1-3-2/h1,3,5-17,19,25H,4,18H2;3H2,1-2H3. The van der Waals surface area contributed by atoms with Crippen molar-refractivity contribution >= 4 is 21.5 Å². The highest BCUT2D eigenvalue weighted by Crippen LogP contribution is 2.46. The summed E-state index contributed by atoms with van der Waals surface area (Å²) in [6.45, 7) is 4.25. The summed E-state index contributed by atoms with van der Waals surface area (Å²) in [4.78, 5) is 0. The van der Waals surface area contributed by atoms with Crippen LogP contribution in [0.2, 0.25) is 0 Å². The maximum atomic E-state index is 6.01. The zero-order valence-electron chi connectivity index (χ0n) is 19.3. The fourth-order valence-electron chi connectivity index (χ4n) is 4.59. The molecule has 0 heterocycles. The molecule has 0 aliphatic heterocycles. The zero-order chi connectivity index (χ0) is 23.2. The summed E-state index contributed by atoms with van der Waals surface area (Å²) in [5, 5.41) is 0. The Morgan fingerprint density at radius 3 is 2.52 bits per heavy atom. The van der Waals surface area contributed by atoms with Crippen molar-refractivity contribution in [3.05, 3.63) is 123 Å². The zero-order valence-corrected chi connectivity index (χ0v) is 20.9. The van der Waals surface area contributed by atoms with Gasteiger partial charge in [0.15, 0.2) is 0 Å². The molecule has 0 aromatic heterocycles. The van der Waals surface area contributed by atoms with Gasteiger partial charge in [-0.15, -0.1) is 6.42 Å². The second kappa shape index (κ2) is 10.7. The summed E-state index contributed by atoms with van der Waals surface area (Å²) in [6, 6.07) is 23.6. The topological polar surface area (TPSA) is 0 Å². The van der Waals surface area contributed by atoms with Crippen LogP contribution < -0.4 is 0 Å². The molecule has 3 aromatic rings. The number of fused-ring (bicyclic) bond motifs is 3. The van der Waals surface area contributed by atoms with Crippen molar-refractivity contribution in [2.75, 3.05) is 0 Å². The number of hydrogen-bond acceptors (Lipinski definition) is 0. The van der Waals surface area contributed by atoms with Crippen molar-refractivity contribution in [2.45, 2.75) is 39.0 Å². The lowest BCUT2D eigenvalue weighted by Crippen LogP contribution is -2.00. The molecule has 2 aliphatic rings. The van der Waals surface area contributed by atoms with Crippen LogP contribution in [0.15, 0.2) is 101 Å². The Bertz CT molecular complexity index is 1280. The van der Waals surface area contributed by atoms with Gasteiger partial charge in [0.05, 0.1) is 5.92 Å². The quantitative estimate of drug-likeness (QED) is 0.319. The van der Waals surface area contributed by atoms with E-state index in [-0.39, 0.29) is 5.92 Å². The van der Waals surface area contributed by atoms with Crippen molar-refractivity contribution in [3.63, 3.8) is 0 Å². The second-order valence-corrected chi connectivity index (χ2v) is 9.39. The van der Waals surface area contributed by atoms with E-state index >= 15 is 0 Å². The number of halogens is 1. The molecule has 5 rings (SSSR count). The lowest BCUT2D eigenvalue weighted by molar-refractivity contribution is 1.05. The minimum absolute atomic E-state index is 0.0304. The van der Waals surface area contributed by atoms with E-state index < -0.39 is 0 Å². The first-order chi connectivity index (χ1) is 16.2. The summed E-state index contributed by atoms with van der Waals surface area (Å²) in [7, 11) is 0. The highest BCUT2D eigenvalue weighted by atomic mass is 79.9. The largest absolute Gasteiger partial charge is 0.119 e. The van der Waals surface area contributed by atoms with Crippen LogP contribution in [0.3, 0.4) is 0 Å². The summed E-state index contributed by atoms with van der Waals surface area (Å²) in [5.41, 5.74) is 10.2. The lowest BCUT2D eigenvalue weighted by Gasteiger charge is -2.13. The average Bonchev–Trinajstić information content (AvgIpc) is 2.97. The van der Waals surface area contributed by atoms with Gasteiger partial charge >= 0.3 is 0 Å². The normalized spacial score (nSPS) is 15.8. The Balaban J connectivity index is 0.000000821. The van der Waals surface area contributed by atoms with Gasteiger partial charge < -0.3 is 0 Å². The van der Waals surface area contributed by atoms with Crippen molar-refractivity contribution in [1.29, 1.82) is 0 Å². The van der Waals surface area contributed by atoms with Crippen LogP contribution in [0.25, 0.3) is 16.7 Å². The molecule has 0 radical (unpaired) electrons. The summed E-state index contributed by atoms with van der Waals surface area (Å²) >= 11 is 3.60. The first-order valence-corrected chi connectivity index (χ1v) is 12.5. The van der Waals surface area contributed by atoms with Gasteiger partial charge in [-0.25, -0.2) is 0 Å². The molecule has 0 bridgehead atoms. The number of benzene rings is 3. The number of rotatable bonds is 3. The van der Waals surface area contributed by atoms with Crippen LogP contribution >= 0.6 is 15.9 Å². The predicted molar refractivity (Wildman–Crippen MR) is 146 cm³/mol. The SMILES string of the molecule is C#CC1c2ccccc2-c2cccc(CC3=CC(c4cccc(Br)c4)=CCC=C3)c21.CCC. The molecule has 0 amide bonds. The van der Waals surface area contributed by atoms with E-state index in [1.54, 1.807) is 0 Å². The van der Waals surface area contributed by atoms with Crippen molar-refractivity contribution in [1.82, 2.24) is 0 Å². The van der Waals surface area contributed by atoms with E-state index in [1.165, 1.54) is 50.9 Å². The smallest absolute Gasteiger partial charge is 0.0714 e. The highest BCUT2D eigenvalue weighted by molar-refractivity contribution is 9.10. The molecule has 1 unspecified atom stereocenters. The van der Waals surface area contributed by atoms with Crippen LogP contribution in [-0.4, -0.2) is 0 Å². The molecule has 1 heteroatoms. The van der Waals surface area contributed by atoms with E-state index in [0.717, 1.165) is 17.3 Å². The molecule has 0 fully saturated rings. The van der Waals surface area contributed by atoms with Gasteiger partial charge in [-0.3, -0.25) is 0 Å². The van der Waals surface area contributed by atoms with Crippen LogP contribution in [0.5, 0.6) is 0 Å². The third kappa shape index (κ3) is 4.97. The molecule has 2 aliphatic carbocycles. The molecule has 0 N–H and O–H groups in total. The van der Waals surface area contributed by atoms with Gasteiger partial charge in [0, 0.05) is 4.47 Å². The van der Waals surface area contributed by atoms with E-state index in [0.29, 0.717) is 0 Å². The fourth-order valence-corrected chi connectivity index (χ4v) is 4.99. The summed E-state index contributed by atoms with van der Waals surface area (Å²) < 4.78 is 1.10. The third-order valence-corrected chi connectivity index (χ3v) is 6.41. The van der Waals surface area contributed by atoms with Gasteiger partial charge in [0.2, 0.25) is 0 Å². The van der Waals surface area contributed by atoms with Crippen molar-refractivity contribution in [2.24, 2.45) is 0 Å². The summed E-state index contributed by atoms with van der Waals surface area (Å²) in [6.07, 6.45) is 18.2. The van der Waals surface area contributed by atoms with Crippen molar-refractivity contribution < 1.29 is 0 Å². The predicted octanol–water partition coefficient (Wildman–Crippen LogP) is 9.12. The summed E-state index contributed by atoms with van der Waals surface area (Å²) in [5.74, 6) is 3.08. The Hall–Kier alpha value is -3.08. The Morgan fingerprint density at radius 1 is 0.970 bits per heavy atom. The Labute approximate surface area is 206 Å². The maximum absolute atomic E-state index is 6.01. The molecule has 0 spiro atoms. The minimum Gasteiger partial charge on any atom is -0.119 e. The highest BCUT2D eigenvalue weighted by Gasteiger charge is 2.29. The van der Waals surface area contributed by atoms with E-state index in [2.05, 4.69) is 127 Å². The van der Waals surface area contributed by atoms with E-state index in [1.807, 2.05) is 0 Å². The Morgan fingerprint density at radius 2 is 1.73 bits per heavy atom. The van der Waals surface area contributed by atoms with Gasteiger partial charge in [0.25, 0.3) is 0 Å². The monoisotopic (exact) mass is 492 g/mol. The molecule has 164 valence electrons. The molecule has 3 aromatic carbocycles. The van der Waals surface area contributed by atoms with Crippen LogP contribution in [-0.2, 0) is 6.42 Å². The average molecular weight is 493 g/mol. The first kappa shape index (κ1) is 23.1.